The van der Waals surface area contributed by atoms with Crippen molar-refractivity contribution >= 4 is 14.4 Å². The number of ether oxygens (including phenoxy) is 1. The van der Waals surface area contributed by atoms with E-state index >= 15 is 0 Å². The Kier molecular flexibility index (Phi) is 7.06. The third-order valence-corrected chi connectivity index (χ3v) is 5.71. The first kappa shape index (κ1) is 16.2. The summed E-state index contributed by atoms with van der Waals surface area (Å²) in [6.45, 7) is 12.7. The normalized spacial score (nSPS) is 11.5. The predicted molar refractivity (Wildman–Crippen MR) is 84.7 cm³/mol. The number of benzene rings is 1. The van der Waals surface area contributed by atoms with Gasteiger partial charge in [0.2, 0.25) is 0 Å². The van der Waals surface area contributed by atoms with Gasteiger partial charge in [-0.1, -0.05) is 36.9 Å². The zero-order chi connectivity index (χ0) is 14.1. The van der Waals surface area contributed by atoms with Gasteiger partial charge in [0, 0.05) is 13.2 Å². The standard InChI is InChI=1S/C16H26O2Si/c1-5-15-8-10-16(11-9-15)14-17-12-7-13-19(3,4)18-6-2/h5,8-11H,1,6-7,12-14H2,2-4H3. The van der Waals surface area contributed by atoms with E-state index in [-0.39, 0.29) is 0 Å². The van der Waals surface area contributed by atoms with Crippen molar-refractivity contribution in [3.63, 3.8) is 0 Å². The van der Waals surface area contributed by atoms with E-state index < -0.39 is 8.32 Å². The molecule has 106 valence electrons. The molecule has 19 heavy (non-hydrogen) atoms. The fourth-order valence-corrected chi connectivity index (χ4v) is 3.92. The quantitative estimate of drug-likeness (QED) is 0.490. The first-order chi connectivity index (χ1) is 9.07. The van der Waals surface area contributed by atoms with Gasteiger partial charge in [0.15, 0.2) is 8.32 Å². The van der Waals surface area contributed by atoms with Crippen molar-refractivity contribution in [2.75, 3.05) is 13.2 Å². The lowest BCUT2D eigenvalue weighted by Crippen LogP contribution is -2.30. The van der Waals surface area contributed by atoms with E-state index in [1.807, 2.05) is 6.08 Å². The second kappa shape index (κ2) is 8.30. The highest BCUT2D eigenvalue weighted by atomic mass is 28.4. The molecule has 0 aliphatic carbocycles. The maximum absolute atomic E-state index is 5.79. The van der Waals surface area contributed by atoms with E-state index in [1.54, 1.807) is 0 Å². The summed E-state index contributed by atoms with van der Waals surface area (Å²) in [5.74, 6) is 0. The summed E-state index contributed by atoms with van der Waals surface area (Å²) >= 11 is 0. The smallest absolute Gasteiger partial charge is 0.186 e. The van der Waals surface area contributed by atoms with Gasteiger partial charge in [0.25, 0.3) is 0 Å². The van der Waals surface area contributed by atoms with Crippen LogP contribution in [0.2, 0.25) is 19.1 Å². The maximum Gasteiger partial charge on any atom is 0.186 e. The second-order valence-electron chi connectivity index (χ2n) is 5.29. The molecule has 1 aromatic rings. The number of rotatable bonds is 9. The van der Waals surface area contributed by atoms with Gasteiger partial charge in [-0.25, -0.2) is 0 Å². The van der Waals surface area contributed by atoms with Gasteiger partial charge in [-0.15, -0.1) is 0 Å². The van der Waals surface area contributed by atoms with Gasteiger partial charge in [-0.05, 0) is 43.6 Å². The molecule has 0 bridgehead atoms. The average molecular weight is 278 g/mol. The Morgan fingerprint density at radius 3 is 2.47 bits per heavy atom. The number of hydrogen-bond acceptors (Lipinski definition) is 2. The molecule has 0 aliphatic heterocycles. The zero-order valence-electron chi connectivity index (χ0n) is 12.4. The van der Waals surface area contributed by atoms with E-state index in [1.165, 1.54) is 5.56 Å². The van der Waals surface area contributed by atoms with Crippen LogP contribution in [0.4, 0.5) is 0 Å². The molecule has 0 saturated carbocycles. The fourth-order valence-electron chi connectivity index (χ4n) is 2.00. The van der Waals surface area contributed by atoms with E-state index in [0.29, 0.717) is 6.61 Å². The fraction of sp³-hybridized carbons (Fsp3) is 0.500. The van der Waals surface area contributed by atoms with Crippen LogP contribution in [-0.4, -0.2) is 21.5 Å². The maximum atomic E-state index is 5.79. The molecule has 3 heteroatoms. The minimum absolute atomic E-state index is 0.689. The van der Waals surface area contributed by atoms with Crippen molar-refractivity contribution in [2.24, 2.45) is 0 Å². The van der Waals surface area contributed by atoms with Crippen molar-refractivity contribution < 1.29 is 9.16 Å². The van der Waals surface area contributed by atoms with E-state index in [0.717, 1.165) is 31.2 Å². The lowest BCUT2D eigenvalue weighted by atomic mass is 10.1. The summed E-state index contributed by atoms with van der Waals surface area (Å²) in [5.41, 5.74) is 2.36. The van der Waals surface area contributed by atoms with Gasteiger partial charge in [0.1, 0.15) is 0 Å². The summed E-state index contributed by atoms with van der Waals surface area (Å²) in [6, 6.07) is 9.48. The Balaban J connectivity index is 2.18. The SMILES string of the molecule is C=Cc1ccc(COCCC[Si](C)(C)OCC)cc1. The third-order valence-electron chi connectivity index (χ3n) is 3.09. The minimum Gasteiger partial charge on any atom is -0.418 e. The molecule has 0 atom stereocenters. The molecule has 0 aliphatic rings. The Morgan fingerprint density at radius 1 is 1.21 bits per heavy atom. The molecule has 0 radical (unpaired) electrons. The summed E-state index contributed by atoms with van der Waals surface area (Å²) in [7, 11) is -1.44. The van der Waals surface area contributed by atoms with Gasteiger partial charge >= 0.3 is 0 Å². The highest BCUT2D eigenvalue weighted by Crippen LogP contribution is 2.14. The van der Waals surface area contributed by atoms with Crippen molar-refractivity contribution in [3.05, 3.63) is 42.0 Å². The lowest BCUT2D eigenvalue weighted by Gasteiger charge is -2.21. The van der Waals surface area contributed by atoms with Crippen molar-refractivity contribution in [3.8, 4) is 0 Å². The first-order valence-corrected chi connectivity index (χ1v) is 10.1. The molecular weight excluding hydrogens is 252 g/mol. The number of hydrogen-bond donors (Lipinski definition) is 0. The van der Waals surface area contributed by atoms with Gasteiger partial charge < -0.3 is 9.16 Å². The first-order valence-electron chi connectivity index (χ1n) is 7.00. The molecule has 0 amide bonds. The van der Waals surface area contributed by atoms with E-state index in [4.69, 9.17) is 9.16 Å². The highest BCUT2D eigenvalue weighted by Gasteiger charge is 2.20. The highest BCUT2D eigenvalue weighted by molar-refractivity contribution is 6.71. The third kappa shape index (κ3) is 6.71. The lowest BCUT2D eigenvalue weighted by molar-refractivity contribution is 0.120. The molecule has 0 N–H and O–H groups in total. The van der Waals surface area contributed by atoms with Crippen LogP contribution in [0.1, 0.15) is 24.5 Å². The molecule has 2 nitrogen and oxygen atoms in total. The van der Waals surface area contributed by atoms with Crippen molar-refractivity contribution in [1.82, 2.24) is 0 Å². The van der Waals surface area contributed by atoms with Crippen LogP contribution in [-0.2, 0) is 15.8 Å². The van der Waals surface area contributed by atoms with Crippen molar-refractivity contribution in [1.29, 1.82) is 0 Å². The topological polar surface area (TPSA) is 18.5 Å². The van der Waals surface area contributed by atoms with Gasteiger partial charge in [0.05, 0.1) is 6.61 Å². The molecule has 0 fully saturated rings. The predicted octanol–water partition coefficient (Wildman–Crippen LogP) is 4.48. The molecule has 0 spiro atoms. The van der Waals surface area contributed by atoms with Crippen LogP contribution in [0.25, 0.3) is 6.08 Å². The molecular formula is C16H26O2Si. The summed E-state index contributed by atoms with van der Waals surface area (Å²) in [5, 5.41) is 0. The summed E-state index contributed by atoms with van der Waals surface area (Å²) < 4.78 is 11.5. The van der Waals surface area contributed by atoms with Crippen LogP contribution in [0.15, 0.2) is 30.8 Å². The largest absolute Gasteiger partial charge is 0.418 e. The molecule has 0 heterocycles. The second-order valence-corrected chi connectivity index (χ2v) is 9.60. The molecule has 1 aromatic carbocycles. The monoisotopic (exact) mass is 278 g/mol. The molecule has 0 unspecified atom stereocenters. The Labute approximate surface area is 118 Å². The molecule has 0 saturated heterocycles. The summed E-state index contributed by atoms with van der Waals surface area (Å²) in [4.78, 5) is 0. The van der Waals surface area contributed by atoms with E-state index in [2.05, 4.69) is 50.9 Å². The molecule has 1 rings (SSSR count). The van der Waals surface area contributed by atoms with Crippen LogP contribution in [0, 0.1) is 0 Å². The van der Waals surface area contributed by atoms with Crippen LogP contribution in [0.5, 0.6) is 0 Å². The average Bonchev–Trinajstić information content (AvgIpc) is 2.39. The van der Waals surface area contributed by atoms with E-state index in [9.17, 15) is 0 Å². The Hall–Kier alpha value is -0.903. The van der Waals surface area contributed by atoms with Crippen LogP contribution in [0.3, 0.4) is 0 Å². The summed E-state index contributed by atoms with van der Waals surface area (Å²) in [6.07, 6.45) is 2.94. The van der Waals surface area contributed by atoms with Gasteiger partial charge in [-0.3, -0.25) is 0 Å². The van der Waals surface area contributed by atoms with Crippen LogP contribution >= 0.6 is 0 Å². The van der Waals surface area contributed by atoms with Gasteiger partial charge in [-0.2, -0.15) is 0 Å². The van der Waals surface area contributed by atoms with Crippen LogP contribution < -0.4 is 0 Å². The zero-order valence-corrected chi connectivity index (χ0v) is 13.4. The Bertz CT molecular complexity index is 371. The van der Waals surface area contributed by atoms with Crippen molar-refractivity contribution in [2.45, 2.75) is 39.1 Å². The minimum atomic E-state index is -1.44. The Morgan fingerprint density at radius 2 is 1.89 bits per heavy atom. The molecule has 0 aromatic heterocycles.